The normalized spacial score (nSPS) is 14.0. The van der Waals surface area contributed by atoms with Crippen LogP contribution in [0.25, 0.3) is 0 Å². The monoisotopic (exact) mass is 764 g/mol. The van der Waals surface area contributed by atoms with Gasteiger partial charge in [-0.2, -0.15) is 33.7 Å². The van der Waals surface area contributed by atoms with E-state index in [1.165, 1.54) is 0 Å². The molecule has 0 radical (unpaired) electrons. The van der Waals surface area contributed by atoms with Crippen molar-refractivity contribution < 1.29 is 51.9 Å². The van der Waals surface area contributed by atoms with E-state index in [1.54, 1.807) is 0 Å². The summed E-state index contributed by atoms with van der Waals surface area (Å²) in [5.41, 5.74) is 0.501. The highest BCUT2D eigenvalue weighted by molar-refractivity contribution is 7.86. The molecule has 0 spiro atoms. The topological polar surface area (TPSA) is 217 Å². The predicted octanol–water partition coefficient (Wildman–Crippen LogP) is 6.13. The van der Waals surface area contributed by atoms with Crippen molar-refractivity contribution in [3.05, 3.63) is 0 Å². The van der Waals surface area contributed by atoms with Gasteiger partial charge in [-0.3, -0.25) is 18.2 Å². The second kappa shape index (κ2) is 24.6. The first kappa shape index (κ1) is 45.5. The Labute approximate surface area is 276 Å². The van der Waals surface area contributed by atoms with Crippen LogP contribution in [0.2, 0.25) is 0 Å². The molecule has 0 aromatic rings. The Morgan fingerprint density at radius 2 is 0.644 bits per heavy atom. The molecule has 45 heavy (non-hydrogen) atoms. The molecular formula is C27H58O12P2S4. The third-order valence-corrected chi connectivity index (χ3v) is 17.3. The quantitative estimate of drug-likeness (QED) is 0.0356. The van der Waals surface area contributed by atoms with E-state index < -0.39 is 40.5 Å². The summed E-state index contributed by atoms with van der Waals surface area (Å²) in [5, 5.41) is 0. The van der Waals surface area contributed by atoms with Crippen molar-refractivity contribution in [2.75, 3.05) is 53.8 Å². The van der Waals surface area contributed by atoms with Crippen LogP contribution in [0.5, 0.6) is 0 Å². The summed E-state index contributed by atoms with van der Waals surface area (Å²) in [6, 6.07) is 0. The lowest BCUT2D eigenvalue weighted by atomic mass is 10.2. The van der Waals surface area contributed by atoms with Crippen molar-refractivity contribution in [2.24, 2.45) is 0 Å². The fourth-order valence-corrected chi connectivity index (χ4v) is 14.1. The van der Waals surface area contributed by atoms with E-state index in [2.05, 4.69) is 6.92 Å². The van der Waals surface area contributed by atoms with E-state index in [1.807, 2.05) is 0 Å². The number of rotatable bonds is 31. The average Bonchev–Trinajstić information content (AvgIpc) is 2.87. The van der Waals surface area contributed by atoms with Gasteiger partial charge in [-0.1, -0.05) is 58.3 Å². The summed E-state index contributed by atoms with van der Waals surface area (Å²) in [6.07, 6.45) is 17.4. The molecule has 0 heterocycles. The third-order valence-electron chi connectivity index (χ3n) is 7.59. The lowest BCUT2D eigenvalue weighted by Crippen LogP contribution is -2.13. The molecule has 4 N–H and O–H groups in total. The molecule has 0 aromatic heterocycles. The maximum atomic E-state index is 11.0. The van der Waals surface area contributed by atoms with Gasteiger partial charge in [0, 0.05) is 0 Å². The molecule has 0 saturated carbocycles. The minimum atomic E-state index is -3.95. The predicted molar refractivity (Wildman–Crippen MR) is 187 cm³/mol. The molecule has 0 fully saturated rings. The number of hydrogen-bond donors (Lipinski definition) is 4. The van der Waals surface area contributed by atoms with Gasteiger partial charge in [0.25, 0.3) is 40.5 Å². The largest absolute Gasteiger partial charge is 0.286 e. The zero-order valence-corrected chi connectivity index (χ0v) is 31.9. The lowest BCUT2D eigenvalue weighted by molar-refractivity contribution is 0.477. The second-order valence-corrected chi connectivity index (χ2v) is 23.8. The summed E-state index contributed by atoms with van der Waals surface area (Å²) >= 11 is 0. The summed E-state index contributed by atoms with van der Waals surface area (Å²) in [4.78, 5) is 0. The lowest BCUT2D eigenvalue weighted by Gasteiger charge is -2.29. The van der Waals surface area contributed by atoms with Crippen LogP contribution in [0.1, 0.15) is 110 Å². The first-order valence-electron chi connectivity index (χ1n) is 16.0. The van der Waals surface area contributed by atoms with Crippen LogP contribution < -0.4 is 0 Å². The Bertz CT molecular complexity index is 1110. The van der Waals surface area contributed by atoms with Gasteiger partial charge in [-0.25, -0.2) is 0 Å². The highest BCUT2D eigenvalue weighted by atomic mass is 32.2. The molecule has 0 amide bonds. The van der Waals surface area contributed by atoms with Crippen molar-refractivity contribution in [3.63, 3.8) is 0 Å². The molecule has 0 bridgehead atoms. The van der Waals surface area contributed by atoms with E-state index >= 15 is 0 Å². The standard InChI is InChI=1S/C27H58O12P2S4/c1-27(41(20-12-4-8-16-24-44(34,35)36)21-13-5-9-17-25-45(37,38)39)26-40(18-10-2-6-14-22-42(28,29)30)19-11-3-7-15-23-43(31,32)33/h27H,2-26H2,1H3,(H,28,29,30)(H,31,32,33)(H,34,35,36)(H,37,38,39). The second-order valence-electron chi connectivity index (χ2n) is 12.0. The number of unbranched alkanes of at least 4 members (excludes halogenated alkanes) is 12. The van der Waals surface area contributed by atoms with Gasteiger partial charge in [0.2, 0.25) is 0 Å². The van der Waals surface area contributed by atoms with Crippen LogP contribution in [-0.4, -0.2) is 111 Å². The Balaban J connectivity index is 5.09. The van der Waals surface area contributed by atoms with Gasteiger partial charge in [-0.15, -0.1) is 15.8 Å². The van der Waals surface area contributed by atoms with Gasteiger partial charge < -0.3 is 0 Å². The Hall–Kier alpha value is 0.500. The van der Waals surface area contributed by atoms with E-state index in [4.69, 9.17) is 18.2 Å². The molecule has 1 atom stereocenters. The van der Waals surface area contributed by atoms with Gasteiger partial charge in [0.1, 0.15) is 0 Å². The molecule has 1 unspecified atom stereocenters. The molecule has 0 aliphatic rings. The highest BCUT2D eigenvalue weighted by Gasteiger charge is 2.21. The van der Waals surface area contributed by atoms with E-state index in [9.17, 15) is 33.7 Å². The zero-order valence-electron chi connectivity index (χ0n) is 26.8. The van der Waals surface area contributed by atoms with Crippen LogP contribution in [0.4, 0.5) is 0 Å². The minimum Gasteiger partial charge on any atom is -0.286 e. The Morgan fingerprint density at radius 3 is 0.911 bits per heavy atom. The molecule has 0 rings (SSSR count). The van der Waals surface area contributed by atoms with Gasteiger partial charge in [0.15, 0.2) is 0 Å². The summed E-state index contributed by atoms with van der Waals surface area (Å²) in [7, 11) is -16.4. The molecule has 12 nitrogen and oxygen atoms in total. The maximum Gasteiger partial charge on any atom is 0.264 e. The van der Waals surface area contributed by atoms with Crippen molar-refractivity contribution in [1.82, 2.24) is 0 Å². The number of hydrogen-bond acceptors (Lipinski definition) is 8. The van der Waals surface area contributed by atoms with Crippen molar-refractivity contribution in [2.45, 2.75) is 115 Å². The van der Waals surface area contributed by atoms with Crippen LogP contribution in [0.3, 0.4) is 0 Å². The summed E-state index contributed by atoms with van der Waals surface area (Å²) < 4.78 is 124. The van der Waals surface area contributed by atoms with E-state index in [0.29, 0.717) is 31.3 Å². The van der Waals surface area contributed by atoms with Gasteiger partial charge >= 0.3 is 0 Å². The van der Waals surface area contributed by atoms with E-state index in [-0.39, 0.29) is 38.9 Å². The Kier molecular flexibility index (Phi) is 24.9. The smallest absolute Gasteiger partial charge is 0.264 e. The molecule has 0 aliphatic heterocycles. The fraction of sp³-hybridized carbons (Fsp3) is 1.00. The van der Waals surface area contributed by atoms with E-state index in [0.717, 1.165) is 108 Å². The van der Waals surface area contributed by atoms with Crippen LogP contribution in [0, 0.1) is 0 Å². The highest BCUT2D eigenvalue weighted by Crippen LogP contribution is 2.50. The van der Waals surface area contributed by atoms with Crippen LogP contribution in [0.15, 0.2) is 0 Å². The SMILES string of the molecule is CC(CP(CCCCCCS(=O)(=O)O)CCCCCCS(=O)(=O)O)P(CCCCCCS(=O)(=O)O)CCCCCCS(=O)(=O)O. The van der Waals surface area contributed by atoms with Crippen molar-refractivity contribution in [1.29, 1.82) is 0 Å². The summed E-state index contributed by atoms with van der Waals surface area (Å²) in [6.45, 7) is 2.30. The zero-order chi connectivity index (χ0) is 34.4. The molecule has 0 aromatic carbocycles. The molecule has 272 valence electrons. The van der Waals surface area contributed by atoms with Crippen LogP contribution in [-0.2, 0) is 40.5 Å². The molecule has 0 saturated heterocycles. The van der Waals surface area contributed by atoms with Crippen molar-refractivity contribution >= 4 is 56.3 Å². The third kappa shape index (κ3) is 34.2. The molecule has 18 heteroatoms. The van der Waals surface area contributed by atoms with Crippen LogP contribution >= 0.6 is 15.8 Å². The average molecular weight is 765 g/mol. The van der Waals surface area contributed by atoms with Crippen molar-refractivity contribution in [3.8, 4) is 0 Å². The Morgan fingerprint density at radius 1 is 0.400 bits per heavy atom. The summed E-state index contributed by atoms with van der Waals surface area (Å²) in [5.74, 6) is -0.897. The van der Waals surface area contributed by atoms with Gasteiger partial charge in [-0.05, 0) is 87.8 Å². The molecular weight excluding hydrogens is 707 g/mol. The fourth-order valence-electron chi connectivity index (χ4n) is 5.19. The first-order chi connectivity index (χ1) is 20.8. The first-order valence-corrected chi connectivity index (χ1v) is 26.2. The molecule has 0 aliphatic carbocycles. The van der Waals surface area contributed by atoms with Gasteiger partial charge in [0.05, 0.1) is 23.0 Å². The minimum absolute atomic E-state index is 0.224. The maximum absolute atomic E-state index is 11.0.